The highest BCUT2D eigenvalue weighted by Crippen LogP contribution is 2.33. The smallest absolute Gasteiger partial charge is 0.255 e. The second-order valence-electron chi connectivity index (χ2n) is 12.6. The molecule has 0 aromatic heterocycles. The zero-order valence-corrected chi connectivity index (χ0v) is 25.4. The van der Waals surface area contributed by atoms with Gasteiger partial charge in [0.15, 0.2) is 0 Å². The van der Waals surface area contributed by atoms with E-state index in [1.54, 1.807) is 18.2 Å². The lowest BCUT2D eigenvalue weighted by Crippen LogP contribution is -2.54. The Morgan fingerprint density at radius 1 is 0.733 bits per heavy atom. The molecule has 232 valence electrons. The van der Waals surface area contributed by atoms with E-state index < -0.39 is 11.9 Å². The molecule has 45 heavy (non-hydrogen) atoms. The average molecular weight is 606 g/mol. The minimum Gasteiger partial charge on any atom is -0.339 e. The Morgan fingerprint density at radius 3 is 2.00 bits per heavy atom. The summed E-state index contributed by atoms with van der Waals surface area (Å²) in [6, 6.07) is 26.8. The fraction of sp³-hybridized carbons (Fsp3) is 0.389. The van der Waals surface area contributed by atoms with Crippen molar-refractivity contribution in [2.75, 3.05) is 39.3 Å². The van der Waals surface area contributed by atoms with Gasteiger partial charge in [-0.1, -0.05) is 66.7 Å². The van der Waals surface area contributed by atoms with Crippen LogP contribution in [0.5, 0.6) is 0 Å². The Labute approximate surface area is 263 Å². The fourth-order valence-electron chi connectivity index (χ4n) is 7.64. The van der Waals surface area contributed by atoms with Crippen molar-refractivity contribution in [2.45, 2.75) is 50.4 Å². The van der Waals surface area contributed by atoms with E-state index in [4.69, 9.17) is 0 Å². The number of fused-ring (bicyclic) bond motifs is 1. The Hall–Kier alpha value is -4.34. The van der Waals surface area contributed by atoms with Crippen LogP contribution in [-0.4, -0.2) is 94.6 Å². The van der Waals surface area contributed by atoms with Crippen LogP contribution in [0.2, 0.25) is 0 Å². The van der Waals surface area contributed by atoms with Gasteiger partial charge in [0.05, 0.1) is 6.04 Å². The Kier molecular flexibility index (Phi) is 8.21. The number of hydrogen-bond acceptors (Lipinski definition) is 6. The standard InChI is InChI=1S/C36H39N5O4/c42-32-15-14-31(34(43)37-32)41-24-30-28(12-7-13-29(30)36(41)45)35(44)40-18-16-27(17-19-40)38-20-22-39(23-21-38)33(25-8-3-1-4-9-25)26-10-5-2-6-11-26/h1-13,27,31,33H,14-24H2,(H,37,42,43). The number of piperidine rings is 2. The molecule has 3 aromatic rings. The highest BCUT2D eigenvalue weighted by molar-refractivity contribution is 6.07. The molecule has 1 N–H and O–H groups in total. The van der Waals surface area contributed by atoms with E-state index >= 15 is 0 Å². The number of benzene rings is 3. The van der Waals surface area contributed by atoms with Gasteiger partial charge < -0.3 is 9.80 Å². The van der Waals surface area contributed by atoms with Crippen LogP contribution in [0, 0.1) is 0 Å². The number of hydrogen-bond donors (Lipinski definition) is 1. The summed E-state index contributed by atoms with van der Waals surface area (Å²) >= 11 is 0. The Morgan fingerprint density at radius 2 is 1.38 bits per heavy atom. The predicted octanol–water partition coefficient (Wildman–Crippen LogP) is 3.46. The van der Waals surface area contributed by atoms with Crippen LogP contribution in [0.1, 0.15) is 69.1 Å². The van der Waals surface area contributed by atoms with Crippen LogP contribution in [0.15, 0.2) is 78.9 Å². The highest BCUT2D eigenvalue weighted by atomic mass is 16.2. The molecule has 0 bridgehead atoms. The highest BCUT2D eigenvalue weighted by Gasteiger charge is 2.41. The number of piperazine rings is 1. The average Bonchev–Trinajstić information content (AvgIpc) is 3.42. The third-order valence-electron chi connectivity index (χ3n) is 10.0. The second-order valence-corrected chi connectivity index (χ2v) is 12.6. The molecule has 9 nitrogen and oxygen atoms in total. The van der Waals surface area contributed by atoms with Crippen molar-refractivity contribution in [3.63, 3.8) is 0 Å². The molecular weight excluding hydrogens is 566 g/mol. The van der Waals surface area contributed by atoms with Gasteiger partial charge in [-0.2, -0.15) is 0 Å². The summed E-state index contributed by atoms with van der Waals surface area (Å²) in [5.41, 5.74) is 4.33. The maximum Gasteiger partial charge on any atom is 0.255 e. The molecule has 4 heterocycles. The number of carbonyl (C=O) groups excluding carboxylic acids is 4. The predicted molar refractivity (Wildman–Crippen MR) is 169 cm³/mol. The van der Waals surface area contributed by atoms with Crippen LogP contribution in [-0.2, 0) is 16.1 Å². The van der Waals surface area contributed by atoms with E-state index in [1.165, 1.54) is 16.0 Å². The van der Waals surface area contributed by atoms with Crippen molar-refractivity contribution >= 4 is 23.6 Å². The van der Waals surface area contributed by atoms with Crippen molar-refractivity contribution in [1.82, 2.24) is 24.9 Å². The van der Waals surface area contributed by atoms with Gasteiger partial charge in [-0.15, -0.1) is 0 Å². The van der Waals surface area contributed by atoms with E-state index in [9.17, 15) is 19.2 Å². The van der Waals surface area contributed by atoms with Gasteiger partial charge in [0.2, 0.25) is 11.8 Å². The molecule has 4 amide bonds. The van der Waals surface area contributed by atoms with E-state index in [1.807, 2.05) is 4.90 Å². The number of nitrogens with one attached hydrogen (secondary N) is 1. The number of carbonyl (C=O) groups is 4. The first-order chi connectivity index (χ1) is 22.0. The normalized spacial score (nSPS) is 21.7. The topological polar surface area (TPSA) is 93.3 Å². The van der Waals surface area contributed by atoms with E-state index in [0.29, 0.717) is 42.2 Å². The van der Waals surface area contributed by atoms with E-state index in [0.717, 1.165) is 39.0 Å². The number of amides is 4. The lowest BCUT2D eigenvalue weighted by Gasteiger charge is -2.45. The summed E-state index contributed by atoms with van der Waals surface area (Å²) < 4.78 is 0. The third kappa shape index (κ3) is 5.78. The lowest BCUT2D eigenvalue weighted by molar-refractivity contribution is -0.136. The molecule has 4 aliphatic rings. The first-order valence-electron chi connectivity index (χ1n) is 16.1. The quantitative estimate of drug-likeness (QED) is 0.433. The van der Waals surface area contributed by atoms with Crippen molar-refractivity contribution in [3.8, 4) is 0 Å². The molecule has 3 aromatic carbocycles. The summed E-state index contributed by atoms with van der Waals surface area (Å²) in [5.74, 6) is -1.07. The van der Waals surface area contributed by atoms with Gasteiger partial charge in [0.25, 0.3) is 11.8 Å². The van der Waals surface area contributed by atoms with Crippen LogP contribution in [0.3, 0.4) is 0 Å². The molecule has 1 atom stereocenters. The first kappa shape index (κ1) is 29.4. The van der Waals surface area contributed by atoms with Gasteiger partial charge in [-0.3, -0.25) is 34.3 Å². The molecule has 7 rings (SSSR count). The summed E-state index contributed by atoms with van der Waals surface area (Å²) in [6.07, 6.45) is 2.34. The summed E-state index contributed by atoms with van der Waals surface area (Å²) in [4.78, 5) is 59.8. The van der Waals surface area contributed by atoms with Gasteiger partial charge in [0.1, 0.15) is 6.04 Å². The molecule has 0 spiro atoms. The molecule has 9 heteroatoms. The van der Waals surface area contributed by atoms with E-state index in [-0.39, 0.29) is 36.7 Å². The monoisotopic (exact) mass is 605 g/mol. The van der Waals surface area contributed by atoms with Gasteiger partial charge >= 0.3 is 0 Å². The van der Waals surface area contributed by atoms with Gasteiger partial charge in [-0.05, 0) is 48.1 Å². The van der Waals surface area contributed by atoms with Crippen molar-refractivity contribution in [1.29, 1.82) is 0 Å². The summed E-state index contributed by atoms with van der Waals surface area (Å²) in [6.45, 7) is 5.53. The largest absolute Gasteiger partial charge is 0.339 e. The van der Waals surface area contributed by atoms with E-state index in [2.05, 4.69) is 75.8 Å². The molecule has 0 aliphatic carbocycles. The maximum atomic E-state index is 13.8. The minimum atomic E-state index is -0.697. The number of imide groups is 1. The van der Waals surface area contributed by atoms with Gasteiger partial charge in [-0.25, -0.2) is 0 Å². The molecule has 3 fully saturated rings. The molecule has 0 saturated carbocycles. The Bertz CT molecular complexity index is 1540. The van der Waals surface area contributed by atoms with Gasteiger partial charge in [0, 0.05) is 69.4 Å². The number of likely N-dealkylation sites (tertiary alicyclic amines) is 1. The zero-order chi connectivity index (χ0) is 30.9. The van der Waals surface area contributed by atoms with Crippen molar-refractivity contribution in [2.24, 2.45) is 0 Å². The maximum absolute atomic E-state index is 13.8. The zero-order valence-electron chi connectivity index (χ0n) is 25.4. The first-order valence-corrected chi connectivity index (χ1v) is 16.1. The fourth-order valence-corrected chi connectivity index (χ4v) is 7.64. The molecular formula is C36H39N5O4. The van der Waals surface area contributed by atoms with Crippen LogP contribution in [0.4, 0.5) is 0 Å². The lowest BCUT2D eigenvalue weighted by atomic mass is 9.95. The SMILES string of the molecule is O=C1CCC(N2Cc3c(C(=O)N4CCC(N5CCN(C(c6ccccc6)c6ccccc6)CC5)CC4)cccc3C2=O)C(=O)N1. The van der Waals surface area contributed by atoms with Crippen LogP contribution in [0.25, 0.3) is 0 Å². The Balaban J connectivity index is 0.970. The van der Waals surface area contributed by atoms with Crippen molar-refractivity contribution in [3.05, 3.63) is 107 Å². The third-order valence-corrected chi connectivity index (χ3v) is 10.0. The molecule has 3 saturated heterocycles. The summed E-state index contributed by atoms with van der Waals surface area (Å²) in [5, 5.41) is 2.34. The van der Waals surface area contributed by atoms with Crippen LogP contribution < -0.4 is 5.32 Å². The van der Waals surface area contributed by atoms with Crippen LogP contribution >= 0.6 is 0 Å². The molecule has 1 unspecified atom stereocenters. The number of nitrogens with zero attached hydrogens (tertiary/aromatic N) is 4. The summed E-state index contributed by atoms with van der Waals surface area (Å²) in [7, 11) is 0. The minimum absolute atomic E-state index is 0.0541. The molecule has 0 radical (unpaired) electrons. The molecule has 4 aliphatic heterocycles. The second kappa shape index (κ2) is 12.6. The number of rotatable bonds is 6. The van der Waals surface area contributed by atoms with Crippen molar-refractivity contribution < 1.29 is 19.2 Å².